The summed E-state index contributed by atoms with van der Waals surface area (Å²) in [6.45, 7) is 2.42. The van der Waals surface area contributed by atoms with E-state index in [1.807, 2.05) is 6.07 Å². The normalized spacial score (nSPS) is 22.6. The Morgan fingerprint density at radius 1 is 1.22 bits per heavy atom. The zero-order valence-electron chi connectivity index (χ0n) is 15.5. The maximum absolute atomic E-state index is 12.5. The van der Waals surface area contributed by atoms with E-state index in [2.05, 4.69) is 15.5 Å². The maximum Gasteiger partial charge on any atom is 0.338 e. The standard InChI is InChI=1S/C20H25N3O4/c1-12(18(24)21-14-5-2-3-6-14)27-20(26)13-8-9-16-15(11-13)22-19(25)17-7-4-10-23(16)17/h8-9,11-12,14,17H,2-7,10H2,1H3,(H,21,24)(H,22,25)/t12-,17+/m0/s1. The smallest absolute Gasteiger partial charge is 0.338 e. The molecule has 0 radical (unpaired) electrons. The molecule has 27 heavy (non-hydrogen) atoms. The van der Waals surface area contributed by atoms with E-state index in [0.29, 0.717) is 11.3 Å². The zero-order chi connectivity index (χ0) is 19.0. The van der Waals surface area contributed by atoms with Crippen molar-refractivity contribution in [2.24, 2.45) is 0 Å². The molecule has 1 aliphatic carbocycles. The number of hydrogen-bond donors (Lipinski definition) is 2. The van der Waals surface area contributed by atoms with Crippen LogP contribution in [0.2, 0.25) is 0 Å². The molecule has 0 spiro atoms. The molecule has 2 aliphatic heterocycles. The van der Waals surface area contributed by atoms with Gasteiger partial charge in [0, 0.05) is 12.6 Å². The molecule has 1 aromatic rings. The fourth-order valence-corrected chi connectivity index (χ4v) is 4.23. The summed E-state index contributed by atoms with van der Waals surface area (Å²) >= 11 is 0. The number of amides is 2. The second-order valence-electron chi connectivity index (χ2n) is 7.61. The third-order valence-electron chi connectivity index (χ3n) is 5.71. The number of nitrogens with one attached hydrogen (secondary N) is 2. The van der Waals surface area contributed by atoms with Gasteiger partial charge in [0.05, 0.1) is 16.9 Å². The summed E-state index contributed by atoms with van der Waals surface area (Å²) in [6, 6.07) is 5.23. The Labute approximate surface area is 158 Å². The number of ether oxygens (including phenoxy) is 1. The number of hydrogen-bond acceptors (Lipinski definition) is 5. The topological polar surface area (TPSA) is 87.7 Å². The van der Waals surface area contributed by atoms with Gasteiger partial charge in [0.15, 0.2) is 6.10 Å². The lowest BCUT2D eigenvalue weighted by atomic mass is 10.1. The maximum atomic E-state index is 12.5. The number of benzene rings is 1. The van der Waals surface area contributed by atoms with Crippen LogP contribution in [-0.4, -0.2) is 42.5 Å². The Kier molecular flexibility index (Phi) is 4.76. The van der Waals surface area contributed by atoms with E-state index < -0.39 is 12.1 Å². The molecule has 3 aliphatic rings. The first-order valence-electron chi connectivity index (χ1n) is 9.76. The van der Waals surface area contributed by atoms with Crippen molar-refractivity contribution in [2.45, 2.75) is 63.6 Å². The summed E-state index contributed by atoms with van der Waals surface area (Å²) in [5, 5.41) is 5.82. The van der Waals surface area contributed by atoms with E-state index in [-0.39, 0.29) is 23.9 Å². The Bertz CT molecular complexity index is 772. The van der Waals surface area contributed by atoms with Crippen LogP contribution in [0.4, 0.5) is 11.4 Å². The van der Waals surface area contributed by atoms with Gasteiger partial charge in [0.1, 0.15) is 6.04 Å². The molecule has 4 rings (SSSR count). The van der Waals surface area contributed by atoms with Crippen LogP contribution in [0.25, 0.3) is 0 Å². The molecule has 2 heterocycles. The van der Waals surface area contributed by atoms with Crippen molar-refractivity contribution >= 4 is 29.2 Å². The molecule has 1 saturated heterocycles. The van der Waals surface area contributed by atoms with Gasteiger partial charge in [-0.3, -0.25) is 9.59 Å². The minimum atomic E-state index is -0.855. The van der Waals surface area contributed by atoms with Crippen molar-refractivity contribution in [3.05, 3.63) is 23.8 Å². The SMILES string of the molecule is C[C@H](OC(=O)c1ccc2c(c1)NC(=O)[C@H]1CCCN21)C(=O)NC1CCCC1. The molecule has 0 aromatic heterocycles. The van der Waals surface area contributed by atoms with Crippen LogP contribution in [0.3, 0.4) is 0 Å². The highest BCUT2D eigenvalue weighted by Gasteiger charge is 2.36. The van der Waals surface area contributed by atoms with Crippen molar-refractivity contribution in [1.82, 2.24) is 5.32 Å². The second kappa shape index (κ2) is 7.21. The summed E-state index contributed by atoms with van der Waals surface area (Å²) in [4.78, 5) is 39.0. The lowest BCUT2D eigenvalue weighted by molar-refractivity contribution is -0.129. The summed E-state index contributed by atoms with van der Waals surface area (Å²) in [7, 11) is 0. The average molecular weight is 371 g/mol. The van der Waals surface area contributed by atoms with Crippen LogP contribution in [0.1, 0.15) is 55.8 Å². The lowest BCUT2D eigenvalue weighted by Crippen LogP contribution is -2.44. The van der Waals surface area contributed by atoms with Crippen molar-refractivity contribution in [3.63, 3.8) is 0 Å². The molecule has 144 valence electrons. The van der Waals surface area contributed by atoms with E-state index in [4.69, 9.17) is 4.74 Å². The quantitative estimate of drug-likeness (QED) is 0.793. The molecular formula is C20H25N3O4. The highest BCUT2D eigenvalue weighted by molar-refractivity contribution is 6.05. The average Bonchev–Trinajstić information content (AvgIpc) is 3.33. The van der Waals surface area contributed by atoms with E-state index in [1.54, 1.807) is 19.1 Å². The first-order chi connectivity index (χ1) is 13.0. The molecule has 0 unspecified atom stereocenters. The number of anilines is 2. The van der Waals surface area contributed by atoms with E-state index in [0.717, 1.165) is 50.8 Å². The largest absolute Gasteiger partial charge is 0.449 e. The predicted octanol–water partition coefficient (Wildman–Crippen LogP) is 2.21. The third-order valence-corrected chi connectivity index (χ3v) is 5.71. The fraction of sp³-hybridized carbons (Fsp3) is 0.550. The summed E-state index contributed by atoms with van der Waals surface area (Å²) in [5.74, 6) is -0.860. The third kappa shape index (κ3) is 3.50. The molecule has 7 heteroatoms. The monoisotopic (exact) mass is 371 g/mol. The zero-order valence-corrected chi connectivity index (χ0v) is 15.5. The van der Waals surface area contributed by atoms with Gasteiger partial charge >= 0.3 is 5.97 Å². The molecule has 2 atom stereocenters. The minimum Gasteiger partial charge on any atom is -0.449 e. The highest BCUT2D eigenvalue weighted by Crippen LogP contribution is 2.37. The van der Waals surface area contributed by atoms with Crippen molar-refractivity contribution in [2.75, 3.05) is 16.8 Å². The summed E-state index contributed by atoms with van der Waals surface area (Å²) in [5.41, 5.74) is 1.88. The molecule has 2 amide bonds. The summed E-state index contributed by atoms with van der Waals surface area (Å²) < 4.78 is 5.34. The van der Waals surface area contributed by atoms with E-state index in [1.165, 1.54) is 0 Å². The Balaban J connectivity index is 1.42. The first-order valence-corrected chi connectivity index (χ1v) is 9.76. The Morgan fingerprint density at radius 3 is 2.78 bits per heavy atom. The van der Waals surface area contributed by atoms with Crippen molar-refractivity contribution < 1.29 is 19.1 Å². The first kappa shape index (κ1) is 17.8. The molecule has 2 fully saturated rings. The summed E-state index contributed by atoms with van der Waals surface area (Å²) in [6.07, 6.45) is 5.18. The van der Waals surface area contributed by atoms with Crippen LogP contribution in [0, 0.1) is 0 Å². The van der Waals surface area contributed by atoms with Crippen molar-refractivity contribution in [1.29, 1.82) is 0 Å². The van der Waals surface area contributed by atoms with Gasteiger partial charge in [-0.2, -0.15) is 0 Å². The number of carbonyl (C=O) groups is 3. The van der Waals surface area contributed by atoms with Gasteiger partial charge < -0.3 is 20.3 Å². The molecule has 7 nitrogen and oxygen atoms in total. The van der Waals surface area contributed by atoms with Gasteiger partial charge in [0.2, 0.25) is 5.91 Å². The predicted molar refractivity (Wildman–Crippen MR) is 101 cm³/mol. The van der Waals surface area contributed by atoms with Crippen molar-refractivity contribution in [3.8, 4) is 0 Å². The van der Waals surface area contributed by atoms with Gasteiger partial charge in [-0.1, -0.05) is 12.8 Å². The van der Waals surface area contributed by atoms with Crippen LogP contribution < -0.4 is 15.5 Å². The number of nitrogens with zero attached hydrogens (tertiary/aromatic N) is 1. The molecule has 1 aromatic carbocycles. The van der Waals surface area contributed by atoms with Gasteiger partial charge in [-0.05, 0) is 50.8 Å². The number of rotatable bonds is 4. The van der Waals surface area contributed by atoms with E-state index >= 15 is 0 Å². The fourth-order valence-electron chi connectivity index (χ4n) is 4.23. The highest BCUT2D eigenvalue weighted by atomic mass is 16.5. The Morgan fingerprint density at radius 2 is 2.00 bits per heavy atom. The van der Waals surface area contributed by atoms with Crippen LogP contribution >= 0.6 is 0 Å². The van der Waals surface area contributed by atoms with Gasteiger partial charge in [-0.25, -0.2) is 4.79 Å². The number of carbonyl (C=O) groups excluding carboxylic acids is 3. The van der Waals surface area contributed by atoms with Crippen LogP contribution in [0.5, 0.6) is 0 Å². The molecule has 2 N–H and O–H groups in total. The number of esters is 1. The second-order valence-corrected chi connectivity index (χ2v) is 7.61. The Hall–Kier alpha value is -2.57. The van der Waals surface area contributed by atoms with Gasteiger partial charge in [-0.15, -0.1) is 0 Å². The minimum absolute atomic E-state index is 0.0326. The number of fused-ring (bicyclic) bond motifs is 3. The van der Waals surface area contributed by atoms with Crippen LogP contribution in [0.15, 0.2) is 18.2 Å². The lowest BCUT2D eigenvalue weighted by Gasteiger charge is -2.33. The van der Waals surface area contributed by atoms with E-state index in [9.17, 15) is 14.4 Å². The molecule has 1 saturated carbocycles. The van der Waals surface area contributed by atoms with Gasteiger partial charge in [0.25, 0.3) is 5.91 Å². The molecular weight excluding hydrogens is 346 g/mol. The molecule has 0 bridgehead atoms. The van der Waals surface area contributed by atoms with Crippen LogP contribution in [-0.2, 0) is 14.3 Å².